The number of thiazole rings is 1. The maximum atomic E-state index is 6.05. The van der Waals surface area contributed by atoms with Crippen molar-refractivity contribution in [1.29, 1.82) is 0 Å². The zero-order chi connectivity index (χ0) is 13.2. The number of aromatic nitrogens is 2. The van der Waals surface area contributed by atoms with Crippen LogP contribution in [-0.2, 0) is 6.54 Å². The van der Waals surface area contributed by atoms with Crippen LogP contribution in [0.4, 0.5) is 0 Å². The summed E-state index contributed by atoms with van der Waals surface area (Å²) >= 11 is 1.66. The summed E-state index contributed by atoms with van der Waals surface area (Å²) in [7, 11) is 0. The van der Waals surface area contributed by atoms with E-state index in [-0.39, 0.29) is 0 Å². The Bertz CT molecular complexity index is 539. The van der Waals surface area contributed by atoms with Gasteiger partial charge in [0.05, 0.1) is 11.4 Å². The van der Waals surface area contributed by atoms with Gasteiger partial charge in [-0.3, -0.25) is 9.88 Å². The minimum absolute atomic E-state index is 0.300. The summed E-state index contributed by atoms with van der Waals surface area (Å²) in [5, 5.41) is 3.12. The van der Waals surface area contributed by atoms with Crippen molar-refractivity contribution < 1.29 is 0 Å². The van der Waals surface area contributed by atoms with E-state index in [4.69, 9.17) is 5.73 Å². The highest BCUT2D eigenvalue weighted by Crippen LogP contribution is 2.24. The molecule has 2 atom stereocenters. The minimum atomic E-state index is 0.300. The van der Waals surface area contributed by atoms with Crippen molar-refractivity contribution in [3.05, 3.63) is 35.5 Å². The van der Waals surface area contributed by atoms with Crippen LogP contribution >= 0.6 is 11.3 Å². The largest absolute Gasteiger partial charge is 0.326 e. The van der Waals surface area contributed by atoms with Gasteiger partial charge in [0, 0.05) is 36.8 Å². The zero-order valence-corrected chi connectivity index (χ0v) is 11.8. The van der Waals surface area contributed by atoms with Gasteiger partial charge in [0.2, 0.25) is 0 Å². The smallest absolute Gasteiger partial charge is 0.142 e. The van der Waals surface area contributed by atoms with E-state index in [1.54, 1.807) is 17.5 Å². The zero-order valence-electron chi connectivity index (χ0n) is 11.0. The van der Waals surface area contributed by atoms with E-state index in [0.717, 1.165) is 35.9 Å². The van der Waals surface area contributed by atoms with E-state index in [9.17, 15) is 0 Å². The van der Waals surface area contributed by atoms with Gasteiger partial charge in [-0.2, -0.15) is 0 Å². The van der Waals surface area contributed by atoms with Gasteiger partial charge in [-0.1, -0.05) is 6.07 Å². The molecule has 0 saturated carbocycles. The molecule has 0 bridgehead atoms. The van der Waals surface area contributed by atoms with Crippen LogP contribution in [-0.4, -0.2) is 33.5 Å². The molecule has 5 heteroatoms. The van der Waals surface area contributed by atoms with Crippen LogP contribution in [0.1, 0.15) is 19.0 Å². The Hall–Kier alpha value is -1.30. The molecule has 3 rings (SSSR count). The molecule has 0 radical (unpaired) electrons. The molecule has 4 nitrogen and oxygen atoms in total. The van der Waals surface area contributed by atoms with Crippen LogP contribution < -0.4 is 5.73 Å². The molecule has 2 N–H and O–H groups in total. The molecule has 100 valence electrons. The number of nitrogens with zero attached hydrogens (tertiary/aromatic N) is 3. The molecule has 1 aliphatic heterocycles. The van der Waals surface area contributed by atoms with Crippen LogP contribution in [0, 0.1) is 0 Å². The van der Waals surface area contributed by atoms with E-state index in [0.29, 0.717) is 12.1 Å². The molecule has 1 aliphatic rings. The number of nitrogens with two attached hydrogens (primary N) is 1. The van der Waals surface area contributed by atoms with Crippen molar-refractivity contribution >= 4 is 11.3 Å². The summed E-state index contributed by atoms with van der Waals surface area (Å²) in [6, 6.07) is 6.65. The molecule has 2 unspecified atom stereocenters. The first-order valence-electron chi connectivity index (χ1n) is 6.59. The van der Waals surface area contributed by atoms with E-state index in [2.05, 4.69) is 27.2 Å². The number of pyridine rings is 1. The average Bonchev–Trinajstić information content (AvgIpc) is 3.02. The third kappa shape index (κ3) is 2.68. The lowest BCUT2D eigenvalue weighted by Crippen LogP contribution is -2.36. The highest BCUT2D eigenvalue weighted by atomic mass is 32.1. The highest BCUT2D eigenvalue weighted by Gasteiger charge is 2.28. The second kappa shape index (κ2) is 5.36. The van der Waals surface area contributed by atoms with E-state index < -0.39 is 0 Å². The van der Waals surface area contributed by atoms with Gasteiger partial charge in [-0.15, -0.1) is 11.3 Å². The maximum absolute atomic E-state index is 6.05. The molecule has 0 aromatic carbocycles. The quantitative estimate of drug-likeness (QED) is 0.931. The van der Waals surface area contributed by atoms with Crippen LogP contribution in [0.3, 0.4) is 0 Å². The van der Waals surface area contributed by atoms with Gasteiger partial charge in [0.1, 0.15) is 5.01 Å². The monoisotopic (exact) mass is 274 g/mol. The Kier molecular flexibility index (Phi) is 3.59. The van der Waals surface area contributed by atoms with Gasteiger partial charge in [-0.25, -0.2) is 4.98 Å². The summed E-state index contributed by atoms with van der Waals surface area (Å²) in [6.45, 7) is 4.15. The van der Waals surface area contributed by atoms with Crippen LogP contribution in [0.5, 0.6) is 0 Å². The summed E-state index contributed by atoms with van der Waals surface area (Å²) in [4.78, 5) is 11.4. The molecular weight excluding hydrogens is 256 g/mol. The highest BCUT2D eigenvalue weighted by molar-refractivity contribution is 7.13. The first-order valence-corrected chi connectivity index (χ1v) is 7.47. The third-order valence-corrected chi connectivity index (χ3v) is 4.66. The summed E-state index contributed by atoms with van der Waals surface area (Å²) in [5.41, 5.74) is 8.12. The number of rotatable bonds is 3. The first-order chi connectivity index (χ1) is 9.24. The normalized spacial score (nSPS) is 23.9. The first kappa shape index (κ1) is 12.7. The number of hydrogen-bond donors (Lipinski definition) is 1. The van der Waals surface area contributed by atoms with Crippen molar-refractivity contribution in [1.82, 2.24) is 14.9 Å². The van der Waals surface area contributed by atoms with Crippen LogP contribution in [0.2, 0.25) is 0 Å². The lowest BCUT2D eigenvalue weighted by Gasteiger charge is -2.21. The van der Waals surface area contributed by atoms with Gasteiger partial charge < -0.3 is 5.73 Å². The van der Waals surface area contributed by atoms with Crippen LogP contribution in [0.25, 0.3) is 10.7 Å². The van der Waals surface area contributed by atoms with Crippen molar-refractivity contribution in [2.24, 2.45) is 5.73 Å². The summed E-state index contributed by atoms with van der Waals surface area (Å²) < 4.78 is 0. The lowest BCUT2D eigenvalue weighted by atomic mass is 10.2. The minimum Gasteiger partial charge on any atom is -0.326 e. The molecule has 19 heavy (non-hydrogen) atoms. The van der Waals surface area contributed by atoms with Crippen molar-refractivity contribution in [2.75, 3.05) is 6.54 Å². The Labute approximate surface area is 117 Å². The fourth-order valence-electron chi connectivity index (χ4n) is 2.45. The lowest BCUT2D eigenvalue weighted by molar-refractivity contribution is 0.249. The molecule has 2 aromatic heterocycles. The summed E-state index contributed by atoms with van der Waals surface area (Å²) in [5.74, 6) is 0. The van der Waals surface area contributed by atoms with E-state index in [1.807, 2.05) is 18.2 Å². The molecule has 2 aromatic rings. The predicted octanol–water partition coefficient (Wildman–Crippen LogP) is 2.13. The van der Waals surface area contributed by atoms with Crippen molar-refractivity contribution in [3.63, 3.8) is 0 Å². The fraction of sp³-hybridized carbons (Fsp3) is 0.429. The number of hydrogen-bond acceptors (Lipinski definition) is 5. The molecule has 0 spiro atoms. The van der Waals surface area contributed by atoms with Gasteiger partial charge in [-0.05, 0) is 25.5 Å². The van der Waals surface area contributed by atoms with E-state index in [1.165, 1.54) is 0 Å². The Morgan fingerprint density at radius 2 is 2.37 bits per heavy atom. The second-order valence-corrected chi connectivity index (χ2v) is 5.88. The van der Waals surface area contributed by atoms with Crippen LogP contribution in [0.15, 0.2) is 29.8 Å². The fourth-order valence-corrected chi connectivity index (χ4v) is 3.23. The van der Waals surface area contributed by atoms with Crippen molar-refractivity contribution in [3.8, 4) is 10.7 Å². The predicted molar refractivity (Wildman–Crippen MR) is 77.8 cm³/mol. The second-order valence-electron chi connectivity index (χ2n) is 5.02. The molecule has 3 heterocycles. The van der Waals surface area contributed by atoms with Gasteiger partial charge in [0.15, 0.2) is 0 Å². The van der Waals surface area contributed by atoms with Gasteiger partial charge in [0.25, 0.3) is 0 Å². The molecular formula is C14H18N4S. The third-order valence-electron chi connectivity index (χ3n) is 3.75. The Morgan fingerprint density at radius 3 is 3.05 bits per heavy atom. The van der Waals surface area contributed by atoms with Gasteiger partial charge >= 0.3 is 0 Å². The Balaban J connectivity index is 1.72. The molecule has 0 amide bonds. The Morgan fingerprint density at radius 1 is 1.47 bits per heavy atom. The summed E-state index contributed by atoms with van der Waals surface area (Å²) in [6.07, 6.45) is 2.89. The standard InChI is InChI=1S/C14H18N4S/c1-10-12(15)5-7-18(10)8-11-9-19-14(17-11)13-4-2-3-6-16-13/h2-4,6,9-10,12H,5,7-8,15H2,1H3. The molecule has 1 fully saturated rings. The number of likely N-dealkylation sites (tertiary alicyclic amines) is 1. The van der Waals surface area contributed by atoms with Crippen molar-refractivity contribution in [2.45, 2.75) is 32.0 Å². The average molecular weight is 274 g/mol. The molecule has 0 aliphatic carbocycles. The SMILES string of the molecule is CC1C(N)CCN1Cc1csc(-c2ccccn2)n1. The molecule has 1 saturated heterocycles. The van der Waals surface area contributed by atoms with E-state index >= 15 is 0 Å². The topological polar surface area (TPSA) is 55.0 Å². The maximum Gasteiger partial charge on any atom is 0.142 e.